The van der Waals surface area contributed by atoms with Gasteiger partial charge in [0.05, 0.1) is 13.2 Å². The molecular weight excluding hydrogens is 312 g/mol. The van der Waals surface area contributed by atoms with E-state index in [1.165, 1.54) is 6.92 Å². The maximum Gasteiger partial charge on any atom is 0.407 e. The molecule has 0 aliphatic carbocycles. The van der Waals surface area contributed by atoms with Gasteiger partial charge >= 0.3 is 12.1 Å². The Kier molecular flexibility index (Phi) is 11.7. The quantitative estimate of drug-likeness (QED) is 0.443. The molecule has 24 heavy (non-hydrogen) atoms. The minimum Gasteiger partial charge on any atom is -0.464 e. The number of nitrogens with one attached hydrogen (secondary N) is 2. The molecule has 0 aromatic heterocycles. The fourth-order valence-corrected chi connectivity index (χ4v) is 1.78. The van der Waals surface area contributed by atoms with Crippen LogP contribution in [0.15, 0.2) is 0 Å². The standard InChI is InChI=1S/C17H32N2O5/c1-6-8-10-23-16(21)14(12(3)4)19-15(20)13(5)18-17(22)24-11-9-7-2/h12-14H,6-11H2,1-5H3,(H,18,22)(H,19,20). The first-order valence-electron chi connectivity index (χ1n) is 8.73. The van der Waals surface area contributed by atoms with E-state index in [1.807, 2.05) is 27.7 Å². The van der Waals surface area contributed by atoms with Gasteiger partial charge in [0.1, 0.15) is 12.1 Å². The van der Waals surface area contributed by atoms with Crippen LogP contribution in [0, 0.1) is 5.92 Å². The summed E-state index contributed by atoms with van der Waals surface area (Å²) in [7, 11) is 0. The second kappa shape index (κ2) is 12.6. The molecule has 2 amide bonds. The first-order chi connectivity index (χ1) is 11.3. The van der Waals surface area contributed by atoms with Gasteiger partial charge < -0.3 is 20.1 Å². The number of carbonyl (C=O) groups excluding carboxylic acids is 3. The van der Waals surface area contributed by atoms with Gasteiger partial charge in [-0.1, -0.05) is 40.5 Å². The summed E-state index contributed by atoms with van der Waals surface area (Å²) in [6.07, 6.45) is 2.75. The summed E-state index contributed by atoms with van der Waals surface area (Å²) in [6, 6.07) is -1.54. The Morgan fingerprint density at radius 3 is 1.92 bits per heavy atom. The fourth-order valence-electron chi connectivity index (χ4n) is 1.78. The Morgan fingerprint density at radius 1 is 0.875 bits per heavy atom. The van der Waals surface area contributed by atoms with Crippen LogP contribution in [0.2, 0.25) is 0 Å². The SMILES string of the molecule is CCCCOC(=O)NC(C)C(=O)NC(C(=O)OCCCC)C(C)C. The second-order valence-corrected chi connectivity index (χ2v) is 6.11. The van der Waals surface area contributed by atoms with Crippen molar-refractivity contribution in [1.82, 2.24) is 10.6 Å². The summed E-state index contributed by atoms with van der Waals surface area (Å²) in [5, 5.41) is 5.08. The van der Waals surface area contributed by atoms with Gasteiger partial charge in [0, 0.05) is 0 Å². The van der Waals surface area contributed by atoms with Crippen molar-refractivity contribution < 1.29 is 23.9 Å². The molecule has 2 N–H and O–H groups in total. The van der Waals surface area contributed by atoms with Crippen molar-refractivity contribution in [2.45, 2.75) is 72.4 Å². The average Bonchev–Trinajstić information content (AvgIpc) is 2.52. The van der Waals surface area contributed by atoms with Crippen molar-refractivity contribution in [2.24, 2.45) is 5.92 Å². The van der Waals surface area contributed by atoms with E-state index in [0.29, 0.717) is 13.2 Å². The molecule has 0 rings (SSSR count). The van der Waals surface area contributed by atoms with Gasteiger partial charge in [0.25, 0.3) is 0 Å². The Labute approximate surface area is 144 Å². The second-order valence-electron chi connectivity index (χ2n) is 6.11. The van der Waals surface area contributed by atoms with Gasteiger partial charge in [0.15, 0.2) is 0 Å². The van der Waals surface area contributed by atoms with Crippen molar-refractivity contribution in [2.75, 3.05) is 13.2 Å². The predicted octanol–water partition coefficient (Wildman–Crippen LogP) is 2.39. The lowest BCUT2D eigenvalue weighted by atomic mass is 10.0. The molecule has 0 fully saturated rings. The number of hydrogen-bond acceptors (Lipinski definition) is 5. The molecule has 0 spiro atoms. The van der Waals surface area contributed by atoms with E-state index in [4.69, 9.17) is 9.47 Å². The topological polar surface area (TPSA) is 93.7 Å². The number of hydrogen-bond donors (Lipinski definition) is 2. The van der Waals surface area contributed by atoms with E-state index in [2.05, 4.69) is 10.6 Å². The zero-order chi connectivity index (χ0) is 18.5. The van der Waals surface area contributed by atoms with Crippen LogP contribution in [-0.2, 0) is 19.1 Å². The Balaban J connectivity index is 4.44. The molecule has 2 atom stereocenters. The lowest BCUT2D eigenvalue weighted by Crippen LogP contribution is -2.52. The Morgan fingerprint density at radius 2 is 1.42 bits per heavy atom. The number of carbonyl (C=O) groups is 3. The summed E-state index contributed by atoms with van der Waals surface area (Å²) in [6.45, 7) is 9.83. The summed E-state index contributed by atoms with van der Waals surface area (Å²) >= 11 is 0. The first kappa shape index (κ1) is 22.2. The van der Waals surface area contributed by atoms with Crippen LogP contribution in [-0.4, -0.2) is 43.3 Å². The van der Waals surface area contributed by atoms with E-state index in [9.17, 15) is 14.4 Å². The van der Waals surface area contributed by atoms with Crippen molar-refractivity contribution in [1.29, 1.82) is 0 Å². The number of unbranched alkanes of at least 4 members (excludes halogenated alkanes) is 2. The average molecular weight is 344 g/mol. The molecule has 2 unspecified atom stereocenters. The lowest BCUT2D eigenvalue weighted by molar-refractivity contribution is -0.149. The molecule has 0 aliphatic heterocycles. The van der Waals surface area contributed by atoms with E-state index in [1.54, 1.807) is 0 Å². The lowest BCUT2D eigenvalue weighted by Gasteiger charge is -2.23. The minimum absolute atomic E-state index is 0.119. The number of amides is 2. The zero-order valence-electron chi connectivity index (χ0n) is 15.5. The molecule has 7 nitrogen and oxygen atoms in total. The third-order valence-electron chi connectivity index (χ3n) is 3.42. The van der Waals surface area contributed by atoms with Crippen LogP contribution >= 0.6 is 0 Å². The van der Waals surface area contributed by atoms with Crippen LogP contribution < -0.4 is 10.6 Å². The fraction of sp³-hybridized carbons (Fsp3) is 0.824. The summed E-state index contributed by atoms with van der Waals surface area (Å²) < 4.78 is 10.1. The summed E-state index contributed by atoms with van der Waals surface area (Å²) in [5.74, 6) is -1.02. The predicted molar refractivity (Wildman–Crippen MR) is 91.5 cm³/mol. The van der Waals surface area contributed by atoms with Gasteiger partial charge in [-0.3, -0.25) is 4.79 Å². The van der Waals surface area contributed by atoms with Gasteiger partial charge in [-0.05, 0) is 25.7 Å². The Bertz CT molecular complexity index is 398. The maximum atomic E-state index is 12.2. The molecule has 140 valence electrons. The van der Waals surface area contributed by atoms with Crippen molar-refractivity contribution in [3.05, 3.63) is 0 Å². The zero-order valence-corrected chi connectivity index (χ0v) is 15.5. The molecule has 0 radical (unpaired) electrons. The van der Waals surface area contributed by atoms with Gasteiger partial charge in [-0.25, -0.2) is 9.59 Å². The van der Waals surface area contributed by atoms with Gasteiger partial charge in [0.2, 0.25) is 5.91 Å². The highest BCUT2D eigenvalue weighted by Gasteiger charge is 2.28. The molecule has 0 aromatic carbocycles. The van der Waals surface area contributed by atoms with Gasteiger partial charge in [-0.2, -0.15) is 0 Å². The summed E-state index contributed by atoms with van der Waals surface area (Å²) in [4.78, 5) is 35.8. The maximum absolute atomic E-state index is 12.2. The normalized spacial score (nSPS) is 13.1. The Hall–Kier alpha value is -1.79. The van der Waals surface area contributed by atoms with Crippen LogP contribution in [0.1, 0.15) is 60.3 Å². The van der Waals surface area contributed by atoms with Crippen LogP contribution in [0.3, 0.4) is 0 Å². The first-order valence-corrected chi connectivity index (χ1v) is 8.73. The highest BCUT2D eigenvalue weighted by molar-refractivity contribution is 5.89. The highest BCUT2D eigenvalue weighted by atomic mass is 16.5. The molecular formula is C17H32N2O5. The smallest absolute Gasteiger partial charge is 0.407 e. The number of esters is 1. The molecule has 0 heterocycles. The monoisotopic (exact) mass is 344 g/mol. The minimum atomic E-state index is -0.802. The van der Waals surface area contributed by atoms with E-state index in [0.717, 1.165) is 25.7 Å². The van der Waals surface area contributed by atoms with Gasteiger partial charge in [-0.15, -0.1) is 0 Å². The summed E-state index contributed by atoms with van der Waals surface area (Å²) in [5.41, 5.74) is 0. The van der Waals surface area contributed by atoms with Crippen molar-refractivity contribution >= 4 is 18.0 Å². The largest absolute Gasteiger partial charge is 0.464 e. The molecule has 0 aliphatic rings. The van der Waals surface area contributed by atoms with Crippen LogP contribution in [0.4, 0.5) is 4.79 Å². The van der Waals surface area contributed by atoms with Crippen LogP contribution in [0.25, 0.3) is 0 Å². The van der Waals surface area contributed by atoms with Crippen molar-refractivity contribution in [3.63, 3.8) is 0 Å². The molecule has 0 bridgehead atoms. The number of alkyl carbamates (subject to hydrolysis) is 1. The number of rotatable bonds is 11. The molecule has 0 saturated carbocycles. The number of ether oxygens (including phenoxy) is 2. The molecule has 0 saturated heterocycles. The van der Waals surface area contributed by atoms with Crippen LogP contribution in [0.5, 0.6) is 0 Å². The van der Waals surface area contributed by atoms with E-state index in [-0.39, 0.29) is 5.92 Å². The molecule has 7 heteroatoms. The van der Waals surface area contributed by atoms with Crippen molar-refractivity contribution in [3.8, 4) is 0 Å². The van der Waals surface area contributed by atoms with E-state index < -0.39 is 30.1 Å². The molecule has 0 aromatic rings. The third-order valence-corrected chi connectivity index (χ3v) is 3.42. The third kappa shape index (κ3) is 9.37. The van der Waals surface area contributed by atoms with E-state index >= 15 is 0 Å². The highest BCUT2D eigenvalue weighted by Crippen LogP contribution is 2.05.